The Bertz CT molecular complexity index is 604. The van der Waals surface area contributed by atoms with Crippen molar-refractivity contribution in [3.63, 3.8) is 0 Å². The molecule has 118 valence electrons. The topological polar surface area (TPSA) is 49.9 Å². The number of benzene rings is 1. The first-order chi connectivity index (χ1) is 9.90. The molecule has 1 aromatic rings. The molecule has 0 spiro atoms. The number of rotatable bonds is 5. The summed E-state index contributed by atoms with van der Waals surface area (Å²) in [6.45, 7) is 1.07. The summed E-state index contributed by atoms with van der Waals surface area (Å²) >= 11 is 5.86. The molecule has 5 nitrogen and oxygen atoms in total. The Balaban J connectivity index is 2.28. The fourth-order valence-electron chi connectivity index (χ4n) is 2.52. The predicted molar refractivity (Wildman–Crippen MR) is 83.4 cm³/mol. The molecule has 1 aliphatic rings. The third-order valence-corrected chi connectivity index (χ3v) is 6.04. The van der Waals surface area contributed by atoms with Gasteiger partial charge < -0.3 is 9.64 Å². The molecular formula is C14H21ClN2O3S. The number of likely N-dealkylation sites (N-methyl/N-ethyl adjacent to an activating group) is 1. The first-order valence-electron chi connectivity index (χ1n) is 6.79. The van der Waals surface area contributed by atoms with Crippen LogP contribution in [-0.2, 0) is 15.9 Å². The highest BCUT2D eigenvalue weighted by Gasteiger charge is 2.33. The zero-order chi connectivity index (χ0) is 15.6. The van der Waals surface area contributed by atoms with Crippen LogP contribution in [-0.4, -0.2) is 58.0 Å². The van der Waals surface area contributed by atoms with Gasteiger partial charge in [-0.15, -0.1) is 11.6 Å². The van der Waals surface area contributed by atoms with E-state index in [-0.39, 0.29) is 16.8 Å². The van der Waals surface area contributed by atoms with Crippen LogP contribution < -0.4 is 4.74 Å². The second kappa shape index (κ2) is 6.52. The summed E-state index contributed by atoms with van der Waals surface area (Å²) in [6, 6.07) is 5.10. The molecule has 1 atom stereocenters. The van der Waals surface area contributed by atoms with Gasteiger partial charge in [-0.2, -0.15) is 4.31 Å². The molecule has 1 aromatic carbocycles. The standard InChI is InChI=1S/C14H21ClN2O3S/c1-16(2)12-6-7-17(10-12)21(18,19)13-4-5-14(20-3)11(8-13)9-15/h4-5,8,12H,6-7,9-10H2,1-3H3. The van der Waals surface area contributed by atoms with Gasteiger partial charge in [-0.25, -0.2) is 8.42 Å². The van der Waals surface area contributed by atoms with E-state index >= 15 is 0 Å². The van der Waals surface area contributed by atoms with Gasteiger partial charge in [0, 0.05) is 24.7 Å². The summed E-state index contributed by atoms with van der Waals surface area (Å²) in [7, 11) is 2.02. The van der Waals surface area contributed by atoms with E-state index in [4.69, 9.17) is 16.3 Å². The van der Waals surface area contributed by atoms with Crippen LogP contribution in [0.15, 0.2) is 23.1 Å². The third-order valence-electron chi connectivity index (χ3n) is 3.89. The third kappa shape index (κ3) is 3.34. The second-order valence-corrected chi connectivity index (χ2v) is 7.58. The van der Waals surface area contributed by atoms with Crippen molar-refractivity contribution < 1.29 is 13.2 Å². The van der Waals surface area contributed by atoms with E-state index < -0.39 is 10.0 Å². The number of hydrogen-bond acceptors (Lipinski definition) is 4. The normalized spacial score (nSPS) is 20.1. The van der Waals surface area contributed by atoms with Gasteiger partial charge >= 0.3 is 0 Å². The van der Waals surface area contributed by atoms with Gasteiger partial charge in [0.2, 0.25) is 10.0 Å². The molecule has 0 aliphatic carbocycles. The lowest BCUT2D eigenvalue weighted by molar-refractivity contribution is 0.302. The van der Waals surface area contributed by atoms with Gasteiger partial charge in [-0.3, -0.25) is 0 Å². The van der Waals surface area contributed by atoms with E-state index in [1.54, 1.807) is 25.3 Å². The highest BCUT2D eigenvalue weighted by molar-refractivity contribution is 7.89. The van der Waals surface area contributed by atoms with E-state index in [1.165, 1.54) is 4.31 Å². The lowest BCUT2D eigenvalue weighted by Gasteiger charge is -2.20. The molecule has 7 heteroatoms. The van der Waals surface area contributed by atoms with Gasteiger partial charge in [0.25, 0.3) is 0 Å². The largest absolute Gasteiger partial charge is 0.496 e. The minimum atomic E-state index is -3.47. The molecule has 1 unspecified atom stereocenters. The Morgan fingerprint density at radius 1 is 1.43 bits per heavy atom. The zero-order valence-electron chi connectivity index (χ0n) is 12.5. The zero-order valence-corrected chi connectivity index (χ0v) is 14.1. The number of hydrogen-bond donors (Lipinski definition) is 0. The lowest BCUT2D eigenvalue weighted by atomic mass is 10.2. The maximum Gasteiger partial charge on any atom is 0.243 e. The van der Waals surface area contributed by atoms with Crippen LogP contribution in [0.2, 0.25) is 0 Å². The predicted octanol–water partition coefficient (Wildman–Crippen LogP) is 1.76. The molecule has 1 fully saturated rings. The Hall–Kier alpha value is -0.820. The number of alkyl halides is 1. The van der Waals surface area contributed by atoms with E-state index in [9.17, 15) is 8.42 Å². The van der Waals surface area contributed by atoms with Gasteiger partial charge in [-0.05, 0) is 38.7 Å². The molecule has 0 amide bonds. The minimum absolute atomic E-state index is 0.215. The molecule has 0 saturated carbocycles. The monoisotopic (exact) mass is 332 g/mol. The van der Waals surface area contributed by atoms with Gasteiger partial charge in [0.15, 0.2) is 0 Å². The Labute approximate surface area is 131 Å². The summed E-state index contributed by atoms with van der Waals surface area (Å²) in [6.07, 6.45) is 0.852. The van der Waals surface area contributed by atoms with Crippen LogP contribution in [0.3, 0.4) is 0 Å². The van der Waals surface area contributed by atoms with E-state index in [0.717, 1.165) is 6.42 Å². The van der Waals surface area contributed by atoms with Gasteiger partial charge in [-0.1, -0.05) is 0 Å². The molecule has 1 saturated heterocycles. The first kappa shape index (κ1) is 16.5. The number of methoxy groups -OCH3 is 1. The molecule has 0 bridgehead atoms. The van der Waals surface area contributed by atoms with Crippen molar-refractivity contribution in [3.8, 4) is 5.75 Å². The average Bonchev–Trinajstić information content (AvgIpc) is 2.97. The van der Waals surface area contributed by atoms with Crippen molar-refractivity contribution in [3.05, 3.63) is 23.8 Å². The number of halogens is 1. The molecule has 1 heterocycles. The van der Waals surface area contributed by atoms with Crippen molar-refractivity contribution in [2.45, 2.75) is 23.2 Å². The van der Waals surface area contributed by atoms with Crippen LogP contribution in [0, 0.1) is 0 Å². The van der Waals surface area contributed by atoms with Crippen LogP contribution in [0.4, 0.5) is 0 Å². The van der Waals surface area contributed by atoms with E-state index in [0.29, 0.717) is 24.4 Å². The molecule has 1 aliphatic heterocycles. The number of nitrogens with zero attached hydrogens (tertiary/aromatic N) is 2. The SMILES string of the molecule is COc1ccc(S(=O)(=O)N2CCC(N(C)C)C2)cc1CCl. The lowest BCUT2D eigenvalue weighted by Crippen LogP contribution is -2.34. The molecule has 2 rings (SSSR count). The maximum absolute atomic E-state index is 12.7. The van der Waals surface area contributed by atoms with Crippen LogP contribution >= 0.6 is 11.6 Å². The second-order valence-electron chi connectivity index (χ2n) is 5.38. The quantitative estimate of drug-likeness (QED) is 0.771. The first-order valence-corrected chi connectivity index (χ1v) is 8.77. The van der Waals surface area contributed by atoms with Crippen molar-refractivity contribution in [1.29, 1.82) is 0 Å². The molecule has 0 N–H and O–H groups in total. The summed E-state index contributed by atoms with van der Waals surface area (Å²) in [5, 5.41) is 0. The minimum Gasteiger partial charge on any atom is -0.496 e. The van der Waals surface area contributed by atoms with Crippen molar-refractivity contribution in [2.75, 3.05) is 34.3 Å². The van der Waals surface area contributed by atoms with Crippen molar-refractivity contribution in [2.24, 2.45) is 0 Å². The van der Waals surface area contributed by atoms with Crippen LogP contribution in [0.5, 0.6) is 5.75 Å². The Morgan fingerprint density at radius 3 is 2.67 bits per heavy atom. The van der Waals surface area contributed by atoms with Crippen LogP contribution in [0.1, 0.15) is 12.0 Å². The summed E-state index contributed by atoms with van der Waals surface area (Å²) in [5.41, 5.74) is 0.684. The summed E-state index contributed by atoms with van der Waals surface area (Å²) in [5.74, 6) is 0.823. The highest BCUT2D eigenvalue weighted by atomic mass is 35.5. The fraction of sp³-hybridized carbons (Fsp3) is 0.571. The van der Waals surface area contributed by atoms with Crippen molar-refractivity contribution in [1.82, 2.24) is 9.21 Å². The van der Waals surface area contributed by atoms with Gasteiger partial charge in [0.05, 0.1) is 17.9 Å². The van der Waals surface area contributed by atoms with Crippen LogP contribution in [0.25, 0.3) is 0 Å². The van der Waals surface area contributed by atoms with E-state index in [1.807, 2.05) is 14.1 Å². The summed E-state index contributed by atoms with van der Waals surface area (Å²) < 4.78 is 32.1. The number of ether oxygens (including phenoxy) is 1. The fourth-order valence-corrected chi connectivity index (χ4v) is 4.27. The molecule has 0 radical (unpaired) electrons. The maximum atomic E-state index is 12.7. The van der Waals surface area contributed by atoms with Gasteiger partial charge in [0.1, 0.15) is 5.75 Å². The smallest absolute Gasteiger partial charge is 0.243 e. The summed E-state index contributed by atoms with van der Waals surface area (Å²) in [4.78, 5) is 2.34. The average molecular weight is 333 g/mol. The molecule has 0 aromatic heterocycles. The molecular weight excluding hydrogens is 312 g/mol. The Morgan fingerprint density at radius 2 is 2.14 bits per heavy atom. The van der Waals surface area contributed by atoms with E-state index in [2.05, 4.69) is 4.90 Å². The highest BCUT2D eigenvalue weighted by Crippen LogP contribution is 2.28. The molecule has 21 heavy (non-hydrogen) atoms. The number of sulfonamides is 1. The van der Waals surface area contributed by atoms with Crippen molar-refractivity contribution >= 4 is 21.6 Å². The Kier molecular flexibility index (Phi) is 5.14.